The van der Waals surface area contributed by atoms with Gasteiger partial charge in [0, 0.05) is 6.07 Å². The fourth-order valence-electron chi connectivity index (χ4n) is 0.949. The van der Waals surface area contributed by atoms with Crippen LogP contribution in [-0.4, -0.2) is 22.5 Å². The van der Waals surface area contributed by atoms with E-state index in [4.69, 9.17) is 15.9 Å². The van der Waals surface area contributed by atoms with Crippen LogP contribution in [-0.2, 0) is 0 Å². The molecule has 0 bridgehead atoms. The summed E-state index contributed by atoms with van der Waals surface area (Å²) in [6, 6.07) is 1.14. The van der Waals surface area contributed by atoms with Gasteiger partial charge >= 0.3 is 5.97 Å². The Balaban J connectivity index is 2.82. The molecule has 0 aromatic carbocycles. The molecule has 0 saturated heterocycles. The van der Waals surface area contributed by atoms with Crippen LogP contribution < -0.4 is 5.32 Å². The highest BCUT2D eigenvalue weighted by atomic mass is 16.4. The molecule has 0 aliphatic rings. The molecule has 0 unspecified atom stereocenters. The minimum atomic E-state index is -1.15. The van der Waals surface area contributed by atoms with E-state index in [0.29, 0.717) is 0 Å². The zero-order chi connectivity index (χ0) is 12.3. The Kier molecular flexibility index (Phi) is 3.04. The van der Waals surface area contributed by atoms with Crippen LogP contribution in [0, 0.1) is 12.3 Å². The number of carboxylic acids is 1. The molecule has 84 valence electrons. The van der Waals surface area contributed by atoms with Gasteiger partial charge in [-0.2, -0.15) is 0 Å². The summed E-state index contributed by atoms with van der Waals surface area (Å²) in [6.07, 6.45) is 6.20. The Labute approximate surface area is 92.4 Å². The van der Waals surface area contributed by atoms with Gasteiger partial charge in [-0.15, -0.1) is 6.42 Å². The summed E-state index contributed by atoms with van der Waals surface area (Å²) in [5, 5.41) is 11.1. The van der Waals surface area contributed by atoms with Crippen LogP contribution in [0.1, 0.15) is 34.8 Å². The zero-order valence-electron chi connectivity index (χ0n) is 8.90. The van der Waals surface area contributed by atoms with Crippen molar-refractivity contribution in [3.05, 3.63) is 23.7 Å². The highest BCUT2D eigenvalue weighted by Crippen LogP contribution is 2.09. The Morgan fingerprint density at radius 2 is 2.19 bits per heavy atom. The standard InChI is InChI=1S/C11H11NO4/c1-4-11(2,3)12-9(13)8-5-7(6-16-8)10(14)15/h1,5-6H,2-3H3,(H,12,13)(H,14,15). The van der Waals surface area contributed by atoms with E-state index in [1.807, 2.05) is 0 Å². The molecule has 1 aromatic rings. The third-order valence-electron chi connectivity index (χ3n) is 1.86. The van der Waals surface area contributed by atoms with E-state index < -0.39 is 17.4 Å². The summed E-state index contributed by atoms with van der Waals surface area (Å²) < 4.78 is 4.82. The fraction of sp³-hybridized carbons (Fsp3) is 0.273. The highest BCUT2D eigenvalue weighted by molar-refractivity contribution is 5.95. The maximum Gasteiger partial charge on any atom is 0.338 e. The van der Waals surface area contributed by atoms with Crippen LogP contribution in [0.4, 0.5) is 0 Å². The summed E-state index contributed by atoms with van der Waals surface area (Å²) >= 11 is 0. The number of hydrogen-bond acceptors (Lipinski definition) is 3. The molecule has 5 heteroatoms. The van der Waals surface area contributed by atoms with Gasteiger partial charge in [-0.3, -0.25) is 4.79 Å². The van der Waals surface area contributed by atoms with Crippen LogP contribution in [0.25, 0.3) is 0 Å². The van der Waals surface area contributed by atoms with E-state index in [0.717, 1.165) is 12.3 Å². The fourth-order valence-corrected chi connectivity index (χ4v) is 0.949. The quantitative estimate of drug-likeness (QED) is 0.749. The monoisotopic (exact) mass is 221 g/mol. The van der Waals surface area contributed by atoms with Gasteiger partial charge in [-0.25, -0.2) is 4.79 Å². The lowest BCUT2D eigenvalue weighted by atomic mass is 10.1. The Bertz CT molecular complexity index is 465. The number of amides is 1. The van der Waals surface area contributed by atoms with E-state index >= 15 is 0 Å². The van der Waals surface area contributed by atoms with Gasteiger partial charge < -0.3 is 14.8 Å². The summed E-state index contributed by atoms with van der Waals surface area (Å²) in [5.41, 5.74) is -0.892. The first-order valence-electron chi connectivity index (χ1n) is 4.48. The summed E-state index contributed by atoms with van der Waals surface area (Å²) in [4.78, 5) is 22.1. The molecular formula is C11H11NO4. The van der Waals surface area contributed by atoms with Gasteiger partial charge in [0.15, 0.2) is 5.76 Å². The molecule has 2 N–H and O–H groups in total. The molecule has 0 fully saturated rings. The minimum absolute atomic E-state index is 0.0799. The normalized spacial score (nSPS) is 10.6. The number of nitrogens with one attached hydrogen (secondary N) is 1. The second-order valence-electron chi connectivity index (χ2n) is 3.73. The van der Waals surface area contributed by atoms with Crippen molar-refractivity contribution in [1.82, 2.24) is 5.32 Å². The van der Waals surface area contributed by atoms with E-state index in [-0.39, 0.29) is 11.3 Å². The van der Waals surface area contributed by atoms with Crippen molar-refractivity contribution >= 4 is 11.9 Å². The summed E-state index contributed by atoms with van der Waals surface area (Å²) in [7, 11) is 0. The Morgan fingerprint density at radius 3 is 2.62 bits per heavy atom. The molecule has 0 aliphatic heterocycles. The second-order valence-corrected chi connectivity index (χ2v) is 3.73. The number of rotatable bonds is 3. The van der Waals surface area contributed by atoms with Crippen molar-refractivity contribution in [2.75, 3.05) is 0 Å². The van der Waals surface area contributed by atoms with E-state index in [1.54, 1.807) is 13.8 Å². The lowest BCUT2D eigenvalue weighted by Gasteiger charge is -2.18. The number of aromatic carboxylic acids is 1. The number of carboxylic acid groups (broad SMARTS) is 1. The SMILES string of the molecule is C#CC(C)(C)NC(=O)c1cc(C(=O)O)co1. The molecule has 0 saturated carbocycles. The average Bonchev–Trinajstić information content (AvgIpc) is 2.66. The molecule has 16 heavy (non-hydrogen) atoms. The van der Waals surface area contributed by atoms with Crippen LogP contribution in [0.5, 0.6) is 0 Å². The average molecular weight is 221 g/mol. The first-order valence-corrected chi connectivity index (χ1v) is 4.48. The molecule has 0 spiro atoms. The van der Waals surface area contributed by atoms with Crippen molar-refractivity contribution in [1.29, 1.82) is 0 Å². The van der Waals surface area contributed by atoms with Crippen molar-refractivity contribution in [3.8, 4) is 12.3 Å². The number of carbonyl (C=O) groups excluding carboxylic acids is 1. The van der Waals surface area contributed by atoms with E-state index in [9.17, 15) is 9.59 Å². The molecule has 5 nitrogen and oxygen atoms in total. The van der Waals surface area contributed by atoms with E-state index in [2.05, 4.69) is 11.2 Å². The molecule has 0 atom stereocenters. The zero-order valence-corrected chi connectivity index (χ0v) is 8.90. The maximum absolute atomic E-state index is 11.6. The van der Waals surface area contributed by atoms with Crippen molar-refractivity contribution < 1.29 is 19.1 Å². The van der Waals surface area contributed by atoms with Crippen molar-refractivity contribution in [3.63, 3.8) is 0 Å². The smallest absolute Gasteiger partial charge is 0.338 e. The predicted molar refractivity (Wildman–Crippen MR) is 56.0 cm³/mol. The van der Waals surface area contributed by atoms with Crippen LogP contribution >= 0.6 is 0 Å². The van der Waals surface area contributed by atoms with Gasteiger partial charge in [-0.05, 0) is 13.8 Å². The number of carbonyl (C=O) groups is 2. The molecule has 0 aliphatic carbocycles. The Hall–Kier alpha value is -2.22. The van der Waals surface area contributed by atoms with E-state index in [1.165, 1.54) is 0 Å². The maximum atomic E-state index is 11.6. The number of terminal acetylenes is 1. The second kappa shape index (κ2) is 4.11. The summed E-state index contributed by atoms with van der Waals surface area (Å²) in [6.45, 7) is 3.29. The van der Waals surface area contributed by atoms with Crippen LogP contribution in [0.2, 0.25) is 0 Å². The first-order chi connectivity index (χ1) is 7.35. The first kappa shape index (κ1) is 11.9. The highest BCUT2D eigenvalue weighted by Gasteiger charge is 2.21. The molecule has 1 amide bonds. The molecule has 1 aromatic heterocycles. The van der Waals surface area contributed by atoms with Gasteiger partial charge in [0.05, 0.1) is 11.1 Å². The Morgan fingerprint density at radius 1 is 1.56 bits per heavy atom. The van der Waals surface area contributed by atoms with Gasteiger partial charge in [0.2, 0.25) is 0 Å². The van der Waals surface area contributed by atoms with Gasteiger partial charge in [-0.1, -0.05) is 5.92 Å². The number of hydrogen-bond donors (Lipinski definition) is 2. The lowest BCUT2D eigenvalue weighted by molar-refractivity contribution is 0.0695. The third kappa shape index (κ3) is 2.64. The third-order valence-corrected chi connectivity index (χ3v) is 1.86. The van der Waals surface area contributed by atoms with Gasteiger partial charge in [0.1, 0.15) is 6.26 Å². The molecule has 1 heterocycles. The topological polar surface area (TPSA) is 79.5 Å². The molecule has 0 radical (unpaired) electrons. The van der Waals surface area contributed by atoms with Crippen molar-refractivity contribution in [2.24, 2.45) is 0 Å². The lowest BCUT2D eigenvalue weighted by Crippen LogP contribution is -2.41. The minimum Gasteiger partial charge on any atom is -0.478 e. The van der Waals surface area contributed by atoms with Crippen molar-refractivity contribution in [2.45, 2.75) is 19.4 Å². The number of furan rings is 1. The van der Waals surface area contributed by atoms with Gasteiger partial charge in [0.25, 0.3) is 5.91 Å². The molecule has 1 rings (SSSR count). The largest absolute Gasteiger partial charge is 0.478 e. The van der Waals surface area contributed by atoms with Crippen LogP contribution in [0.15, 0.2) is 16.7 Å². The van der Waals surface area contributed by atoms with Crippen LogP contribution in [0.3, 0.4) is 0 Å². The molecular weight excluding hydrogens is 210 g/mol. The summed E-state index contributed by atoms with van der Waals surface area (Å²) in [5.74, 6) is 0.599. The predicted octanol–water partition coefficient (Wildman–Crippen LogP) is 1.12.